The Bertz CT molecular complexity index is 810. The molecule has 0 atom stereocenters. The Morgan fingerprint density at radius 3 is 1.94 bits per heavy atom. The summed E-state index contributed by atoms with van der Waals surface area (Å²) in [6.07, 6.45) is 0.948. The van der Waals surface area contributed by atoms with E-state index in [0.717, 1.165) is 0 Å². The Morgan fingerprint density at radius 1 is 0.812 bits per heavy atom. The Labute approximate surface area is 189 Å². The van der Waals surface area contributed by atoms with Crippen molar-refractivity contribution < 1.29 is 28.5 Å². The maximum Gasteiger partial charge on any atom is 0.407 e. The van der Waals surface area contributed by atoms with E-state index in [2.05, 4.69) is 36.2 Å². The van der Waals surface area contributed by atoms with Gasteiger partial charge in [0.15, 0.2) is 0 Å². The van der Waals surface area contributed by atoms with Crippen LogP contribution in [0.4, 0.5) is 4.79 Å². The van der Waals surface area contributed by atoms with Gasteiger partial charge in [-0.1, -0.05) is 55.1 Å². The standard InChI is InChI=1S/C25H31NO6/c1-2-28-13-14-30-17-18-31-16-15-29-12-11-26-25(27)32-19-24-22-9-5-3-7-20(22)21-8-4-6-10-23(21)24/h2-10,24H,1,11-19H2,(H,26,27). The van der Waals surface area contributed by atoms with Crippen molar-refractivity contribution in [2.45, 2.75) is 5.92 Å². The van der Waals surface area contributed by atoms with Crippen LogP contribution in [0.1, 0.15) is 17.0 Å². The Hall–Kier alpha value is -2.87. The van der Waals surface area contributed by atoms with Gasteiger partial charge in [0.1, 0.15) is 13.2 Å². The summed E-state index contributed by atoms with van der Waals surface area (Å²) in [6.45, 7) is 7.44. The number of hydrogen-bond donors (Lipinski definition) is 1. The second-order valence-electron chi connectivity index (χ2n) is 7.13. The van der Waals surface area contributed by atoms with Crippen molar-refractivity contribution in [3.05, 3.63) is 72.5 Å². The largest absolute Gasteiger partial charge is 0.499 e. The summed E-state index contributed by atoms with van der Waals surface area (Å²) in [5.41, 5.74) is 4.81. The molecule has 0 heterocycles. The van der Waals surface area contributed by atoms with Crippen LogP contribution >= 0.6 is 0 Å². The van der Waals surface area contributed by atoms with E-state index < -0.39 is 6.09 Å². The van der Waals surface area contributed by atoms with Crippen molar-refractivity contribution in [1.82, 2.24) is 5.32 Å². The first kappa shape index (κ1) is 23.8. The maximum absolute atomic E-state index is 12.1. The van der Waals surface area contributed by atoms with Gasteiger partial charge in [-0.25, -0.2) is 4.79 Å². The highest BCUT2D eigenvalue weighted by molar-refractivity contribution is 5.79. The SMILES string of the molecule is C=COCCOCCOCCOCCNC(=O)OCC1c2ccccc2-c2ccccc21. The predicted octanol–water partition coefficient (Wildman–Crippen LogP) is 3.74. The summed E-state index contributed by atoms with van der Waals surface area (Å²) in [6, 6.07) is 16.5. The Balaban J connectivity index is 1.24. The first-order valence-electron chi connectivity index (χ1n) is 10.9. The molecule has 0 bridgehead atoms. The molecule has 0 aliphatic heterocycles. The van der Waals surface area contributed by atoms with E-state index in [4.69, 9.17) is 23.7 Å². The molecule has 3 rings (SSSR count). The van der Waals surface area contributed by atoms with Gasteiger partial charge in [0, 0.05) is 12.5 Å². The number of carbonyl (C=O) groups excluding carboxylic acids is 1. The van der Waals surface area contributed by atoms with Crippen molar-refractivity contribution in [1.29, 1.82) is 0 Å². The molecule has 0 aromatic heterocycles. The molecule has 172 valence electrons. The zero-order valence-electron chi connectivity index (χ0n) is 18.3. The van der Waals surface area contributed by atoms with Crippen molar-refractivity contribution in [3.8, 4) is 11.1 Å². The lowest BCUT2D eigenvalue weighted by molar-refractivity contribution is 0.00701. The van der Waals surface area contributed by atoms with Gasteiger partial charge in [0.05, 0.1) is 45.9 Å². The highest BCUT2D eigenvalue weighted by Crippen LogP contribution is 2.44. The molecule has 32 heavy (non-hydrogen) atoms. The van der Waals surface area contributed by atoms with Gasteiger partial charge in [-0.3, -0.25) is 0 Å². The monoisotopic (exact) mass is 441 g/mol. The van der Waals surface area contributed by atoms with Gasteiger partial charge in [-0.2, -0.15) is 0 Å². The summed E-state index contributed by atoms with van der Waals surface area (Å²) in [4.78, 5) is 12.1. The minimum atomic E-state index is -0.440. The van der Waals surface area contributed by atoms with Gasteiger partial charge >= 0.3 is 6.09 Å². The molecule has 1 aliphatic carbocycles. The summed E-state index contributed by atoms with van der Waals surface area (Å²) < 4.78 is 26.6. The van der Waals surface area contributed by atoms with Gasteiger partial charge in [-0.15, -0.1) is 0 Å². The highest BCUT2D eigenvalue weighted by atomic mass is 16.6. The number of alkyl carbamates (subject to hydrolysis) is 1. The third-order valence-corrected chi connectivity index (χ3v) is 5.07. The third-order valence-electron chi connectivity index (χ3n) is 5.07. The molecular weight excluding hydrogens is 410 g/mol. The fraction of sp³-hybridized carbons (Fsp3) is 0.400. The first-order valence-corrected chi connectivity index (χ1v) is 10.9. The summed E-state index contributed by atoms with van der Waals surface area (Å²) in [7, 11) is 0. The molecule has 0 saturated heterocycles. The lowest BCUT2D eigenvalue weighted by Gasteiger charge is -2.14. The van der Waals surface area contributed by atoms with E-state index in [1.54, 1.807) is 0 Å². The maximum atomic E-state index is 12.1. The average Bonchev–Trinajstić information content (AvgIpc) is 3.14. The van der Waals surface area contributed by atoms with E-state index in [0.29, 0.717) is 59.4 Å². The third kappa shape index (κ3) is 7.09. The van der Waals surface area contributed by atoms with E-state index in [1.807, 2.05) is 24.3 Å². The second kappa shape index (κ2) is 13.5. The first-order chi connectivity index (χ1) is 15.8. The van der Waals surface area contributed by atoms with E-state index in [1.165, 1.54) is 28.5 Å². The van der Waals surface area contributed by atoms with Crippen LogP contribution in [0.5, 0.6) is 0 Å². The normalized spacial score (nSPS) is 12.1. The molecule has 0 spiro atoms. The highest BCUT2D eigenvalue weighted by Gasteiger charge is 2.28. The quantitative estimate of drug-likeness (QED) is 0.335. The van der Waals surface area contributed by atoms with Crippen molar-refractivity contribution in [3.63, 3.8) is 0 Å². The van der Waals surface area contributed by atoms with Crippen LogP contribution in [0, 0.1) is 0 Å². The summed E-state index contributed by atoms with van der Waals surface area (Å²) >= 11 is 0. The second-order valence-corrected chi connectivity index (χ2v) is 7.13. The Morgan fingerprint density at radius 2 is 1.34 bits per heavy atom. The van der Waals surface area contributed by atoms with Crippen LogP contribution in [-0.2, 0) is 23.7 Å². The number of benzene rings is 2. The fourth-order valence-electron chi connectivity index (χ4n) is 3.61. The number of amides is 1. The number of ether oxygens (including phenoxy) is 5. The number of rotatable bonds is 15. The molecule has 1 aliphatic rings. The molecule has 1 N–H and O–H groups in total. The van der Waals surface area contributed by atoms with Crippen molar-refractivity contribution in [2.75, 3.05) is 59.4 Å². The zero-order valence-corrected chi connectivity index (χ0v) is 18.3. The number of hydrogen-bond acceptors (Lipinski definition) is 6. The van der Waals surface area contributed by atoms with Gasteiger partial charge in [0.2, 0.25) is 0 Å². The smallest absolute Gasteiger partial charge is 0.407 e. The van der Waals surface area contributed by atoms with Gasteiger partial charge in [-0.05, 0) is 22.3 Å². The van der Waals surface area contributed by atoms with Gasteiger partial charge < -0.3 is 29.0 Å². The van der Waals surface area contributed by atoms with E-state index in [9.17, 15) is 4.79 Å². The number of fused-ring (bicyclic) bond motifs is 3. The van der Waals surface area contributed by atoms with Crippen LogP contribution in [0.2, 0.25) is 0 Å². The summed E-state index contributed by atoms with van der Waals surface area (Å²) in [5.74, 6) is 0.0556. The molecular formula is C25H31NO6. The topological polar surface area (TPSA) is 75.3 Å². The van der Waals surface area contributed by atoms with Crippen LogP contribution in [0.3, 0.4) is 0 Å². The molecule has 0 unspecified atom stereocenters. The molecule has 1 amide bonds. The Kier molecular flexibility index (Phi) is 10.1. The van der Waals surface area contributed by atoms with E-state index >= 15 is 0 Å². The number of nitrogens with one attached hydrogen (secondary N) is 1. The molecule has 2 aromatic rings. The molecule has 7 heteroatoms. The minimum Gasteiger partial charge on any atom is -0.499 e. The molecule has 7 nitrogen and oxygen atoms in total. The van der Waals surface area contributed by atoms with Crippen molar-refractivity contribution in [2.24, 2.45) is 0 Å². The molecule has 0 radical (unpaired) electrons. The zero-order chi connectivity index (χ0) is 22.4. The number of carbonyl (C=O) groups is 1. The van der Waals surface area contributed by atoms with Crippen LogP contribution < -0.4 is 5.32 Å². The molecule has 2 aromatic carbocycles. The van der Waals surface area contributed by atoms with Crippen molar-refractivity contribution >= 4 is 6.09 Å². The lowest BCUT2D eigenvalue weighted by atomic mass is 9.98. The minimum absolute atomic E-state index is 0.0556. The van der Waals surface area contributed by atoms with Crippen LogP contribution in [-0.4, -0.2) is 65.5 Å². The fourth-order valence-corrected chi connectivity index (χ4v) is 3.61. The van der Waals surface area contributed by atoms with Crippen LogP contribution in [0.15, 0.2) is 61.4 Å². The lowest BCUT2D eigenvalue weighted by Crippen LogP contribution is -2.29. The van der Waals surface area contributed by atoms with Crippen LogP contribution in [0.25, 0.3) is 11.1 Å². The average molecular weight is 442 g/mol. The molecule has 0 fully saturated rings. The summed E-state index contributed by atoms with van der Waals surface area (Å²) in [5, 5.41) is 2.72. The van der Waals surface area contributed by atoms with E-state index in [-0.39, 0.29) is 5.92 Å². The predicted molar refractivity (Wildman–Crippen MR) is 122 cm³/mol. The van der Waals surface area contributed by atoms with Gasteiger partial charge in [0.25, 0.3) is 0 Å². The molecule has 0 saturated carbocycles.